The number of aliphatic hydroxyl groups is 3. The number of carbonyl (C=O) groups excluding carboxylic acids is 1. The Morgan fingerprint density at radius 3 is 2.61 bits per heavy atom. The topological polar surface area (TPSA) is 157 Å². The monoisotopic (exact) mass is 258 g/mol. The predicted molar refractivity (Wildman–Crippen MR) is 58.3 cm³/mol. The molecule has 9 heteroatoms. The summed E-state index contributed by atoms with van der Waals surface area (Å²) in [5, 5.41) is 32.0. The number of aromatic nitrogens is 2. The highest BCUT2D eigenvalue weighted by atomic mass is 16.6. The Kier molecular flexibility index (Phi) is 3.22. The van der Waals surface area contributed by atoms with Crippen LogP contribution in [0.5, 0.6) is 0 Å². The minimum Gasteiger partial charge on any atom is -0.394 e. The van der Waals surface area contributed by atoms with Crippen LogP contribution in [0.15, 0.2) is 6.20 Å². The zero-order valence-electron chi connectivity index (χ0n) is 9.30. The number of carbonyl (C=O) groups is 1. The van der Waals surface area contributed by atoms with Crippen LogP contribution in [0.3, 0.4) is 0 Å². The maximum Gasteiger partial charge on any atom is 0.341 e. The van der Waals surface area contributed by atoms with Crippen LogP contribution >= 0.6 is 0 Å². The maximum atomic E-state index is 11.0. The van der Waals surface area contributed by atoms with Crippen molar-refractivity contribution in [3.05, 3.63) is 11.8 Å². The molecular weight excluding hydrogens is 244 g/mol. The number of hydrogen-bond acceptors (Lipinski definition) is 7. The zero-order valence-corrected chi connectivity index (χ0v) is 9.30. The van der Waals surface area contributed by atoms with E-state index in [1.807, 2.05) is 0 Å². The molecule has 1 saturated heterocycles. The van der Waals surface area contributed by atoms with Crippen molar-refractivity contribution < 1.29 is 24.9 Å². The second-order valence-electron chi connectivity index (χ2n) is 3.99. The molecule has 7 N–H and O–H groups in total. The molecular formula is C9H14N4O5. The molecule has 0 spiro atoms. The number of rotatable bonds is 2. The van der Waals surface area contributed by atoms with Gasteiger partial charge in [0.1, 0.15) is 30.2 Å². The average molecular weight is 258 g/mol. The third-order valence-corrected chi connectivity index (χ3v) is 2.89. The van der Waals surface area contributed by atoms with Gasteiger partial charge in [-0.25, -0.2) is 4.79 Å². The van der Waals surface area contributed by atoms with E-state index in [-0.39, 0.29) is 11.4 Å². The number of ether oxygens (including phenoxy) is 1. The number of nitrogens with two attached hydrogens (primary N) is 2. The summed E-state index contributed by atoms with van der Waals surface area (Å²) in [6, 6.07) is -0.870. The fourth-order valence-electron chi connectivity index (χ4n) is 1.92. The first-order chi connectivity index (χ1) is 8.47. The van der Waals surface area contributed by atoms with E-state index in [0.717, 1.165) is 4.68 Å². The lowest BCUT2D eigenvalue weighted by Gasteiger charge is -2.13. The number of amides is 1. The standard InChI is InChI=1S/C9H14N4O5/c10-8-3(1-12-13(8)9(11)17)7-6(16)5(15)4(2-14)18-7/h1,4-7,14-16H,2,10H2,(H2,11,17)/t4-,5-,6-,7+/m1/s1. The molecule has 0 aromatic carbocycles. The van der Waals surface area contributed by atoms with Gasteiger partial charge in [0, 0.05) is 5.56 Å². The van der Waals surface area contributed by atoms with E-state index in [9.17, 15) is 15.0 Å². The van der Waals surface area contributed by atoms with Crippen molar-refractivity contribution in [1.29, 1.82) is 0 Å². The molecule has 2 heterocycles. The Hall–Kier alpha value is -1.68. The molecule has 1 aliphatic heterocycles. The highest BCUT2D eigenvalue weighted by Gasteiger charge is 2.44. The summed E-state index contributed by atoms with van der Waals surface area (Å²) >= 11 is 0. The smallest absolute Gasteiger partial charge is 0.341 e. The number of aliphatic hydroxyl groups excluding tert-OH is 3. The first-order valence-corrected chi connectivity index (χ1v) is 5.23. The van der Waals surface area contributed by atoms with Gasteiger partial charge in [0.05, 0.1) is 12.8 Å². The molecule has 0 radical (unpaired) electrons. The molecule has 2 rings (SSSR count). The van der Waals surface area contributed by atoms with E-state index < -0.39 is 37.1 Å². The fraction of sp³-hybridized carbons (Fsp3) is 0.556. The van der Waals surface area contributed by atoms with E-state index in [0.29, 0.717) is 0 Å². The van der Waals surface area contributed by atoms with E-state index in [2.05, 4.69) is 5.10 Å². The van der Waals surface area contributed by atoms with Crippen molar-refractivity contribution in [2.45, 2.75) is 24.4 Å². The molecule has 4 atom stereocenters. The zero-order chi connectivity index (χ0) is 13.4. The molecule has 9 nitrogen and oxygen atoms in total. The van der Waals surface area contributed by atoms with E-state index in [1.165, 1.54) is 6.20 Å². The Balaban J connectivity index is 2.30. The van der Waals surface area contributed by atoms with Crippen LogP contribution in [-0.2, 0) is 4.74 Å². The van der Waals surface area contributed by atoms with Gasteiger partial charge in [0.15, 0.2) is 0 Å². The van der Waals surface area contributed by atoms with Gasteiger partial charge in [-0.05, 0) is 0 Å². The van der Waals surface area contributed by atoms with Gasteiger partial charge in [0.2, 0.25) is 0 Å². The molecule has 1 fully saturated rings. The molecule has 0 saturated carbocycles. The third kappa shape index (κ3) is 1.82. The molecule has 0 bridgehead atoms. The second kappa shape index (κ2) is 4.53. The minimum atomic E-state index is -1.27. The van der Waals surface area contributed by atoms with Crippen LogP contribution in [0.4, 0.5) is 10.6 Å². The fourth-order valence-corrected chi connectivity index (χ4v) is 1.92. The second-order valence-corrected chi connectivity index (χ2v) is 3.99. The van der Waals surface area contributed by atoms with Crippen molar-refractivity contribution in [2.75, 3.05) is 12.3 Å². The van der Waals surface area contributed by atoms with Gasteiger partial charge in [-0.1, -0.05) is 0 Å². The van der Waals surface area contributed by atoms with Crippen LogP contribution in [0.25, 0.3) is 0 Å². The lowest BCUT2D eigenvalue weighted by Crippen LogP contribution is -2.32. The van der Waals surface area contributed by atoms with Crippen molar-refractivity contribution in [3.8, 4) is 0 Å². The third-order valence-electron chi connectivity index (χ3n) is 2.89. The van der Waals surface area contributed by atoms with Gasteiger partial charge in [-0.2, -0.15) is 9.78 Å². The predicted octanol–water partition coefficient (Wildman–Crippen LogP) is -2.45. The Morgan fingerprint density at radius 1 is 1.50 bits per heavy atom. The van der Waals surface area contributed by atoms with Crippen LogP contribution in [-0.4, -0.2) is 56.0 Å². The van der Waals surface area contributed by atoms with E-state index >= 15 is 0 Å². The summed E-state index contributed by atoms with van der Waals surface area (Å²) in [6.45, 7) is -0.446. The summed E-state index contributed by atoms with van der Waals surface area (Å²) in [5.74, 6) is -0.0719. The number of nitrogens with zero attached hydrogens (tertiary/aromatic N) is 2. The van der Waals surface area contributed by atoms with Crippen LogP contribution < -0.4 is 11.5 Å². The van der Waals surface area contributed by atoms with Crippen molar-refractivity contribution in [1.82, 2.24) is 9.78 Å². The van der Waals surface area contributed by atoms with E-state index in [4.69, 9.17) is 21.3 Å². The number of nitrogen functional groups attached to an aromatic ring is 1. The summed E-state index contributed by atoms with van der Waals surface area (Å²) in [5.41, 5.74) is 10.9. The van der Waals surface area contributed by atoms with Gasteiger partial charge in [0.25, 0.3) is 0 Å². The number of hydrogen-bond donors (Lipinski definition) is 5. The van der Waals surface area contributed by atoms with Gasteiger partial charge < -0.3 is 31.5 Å². The van der Waals surface area contributed by atoms with Crippen LogP contribution in [0.1, 0.15) is 11.7 Å². The molecule has 18 heavy (non-hydrogen) atoms. The molecule has 100 valence electrons. The SMILES string of the molecule is NC(=O)n1ncc([C@@H]2O[C@H](CO)[C@@H](O)[C@H]2O)c1N. The first-order valence-electron chi connectivity index (χ1n) is 5.23. The summed E-state index contributed by atoms with van der Waals surface area (Å²) in [4.78, 5) is 11.0. The minimum absolute atomic E-state index is 0.0719. The molecule has 1 aromatic heterocycles. The Labute approximate surface area is 102 Å². The molecule has 0 aliphatic carbocycles. The highest BCUT2D eigenvalue weighted by molar-refractivity contribution is 5.77. The van der Waals surface area contributed by atoms with Gasteiger partial charge >= 0.3 is 6.03 Å². The number of anilines is 1. The number of primary amides is 1. The van der Waals surface area contributed by atoms with Crippen molar-refractivity contribution in [3.63, 3.8) is 0 Å². The van der Waals surface area contributed by atoms with Crippen molar-refractivity contribution >= 4 is 11.8 Å². The highest BCUT2D eigenvalue weighted by Crippen LogP contribution is 2.35. The first kappa shape index (κ1) is 12.8. The Bertz CT molecular complexity index is 462. The van der Waals surface area contributed by atoms with Gasteiger partial charge in [-0.15, -0.1) is 0 Å². The van der Waals surface area contributed by atoms with Crippen LogP contribution in [0.2, 0.25) is 0 Å². The van der Waals surface area contributed by atoms with Crippen molar-refractivity contribution in [2.24, 2.45) is 5.73 Å². The molecule has 1 aliphatic rings. The Morgan fingerprint density at radius 2 is 2.17 bits per heavy atom. The summed E-state index contributed by atoms with van der Waals surface area (Å²) in [6.07, 6.45) is -3.17. The summed E-state index contributed by atoms with van der Waals surface area (Å²) in [7, 11) is 0. The van der Waals surface area contributed by atoms with E-state index in [1.54, 1.807) is 0 Å². The van der Waals surface area contributed by atoms with Gasteiger partial charge in [-0.3, -0.25) is 0 Å². The lowest BCUT2D eigenvalue weighted by molar-refractivity contribution is -0.0225. The molecule has 1 amide bonds. The lowest BCUT2D eigenvalue weighted by atomic mass is 10.0. The maximum absolute atomic E-state index is 11.0. The summed E-state index contributed by atoms with van der Waals surface area (Å²) < 4.78 is 6.01. The normalized spacial score (nSPS) is 31.7. The molecule has 0 unspecified atom stereocenters. The largest absolute Gasteiger partial charge is 0.394 e. The quantitative estimate of drug-likeness (QED) is 0.394. The van der Waals surface area contributed by atoms with Crippen LogP contribution in [0, 0.1) is 0 Å². The average Bonchev–Trinajstić information content (AvgIpc) is 2.82. The molecule has 1 aromatic rings.